The molecule has 0 heterocycles. The number of methoxy groups -OCH3 is 1. The van der Waals surface area contributed by atoms with E-state index in [1.165, 1.54) is 12.8 Å². The van der Waals surface area contributed by atoms with E-state index in [-0.39, 0.29) is 18.6 Å². The minimum absolute atomic E-state index is 0.158. The molecular formula is C20H27NO3. The zero-order valence-corrected chi connectivity index (χ0v) is 14.5. The van der Waals surface area contributed by atoms with Crippen molar-refractivity contribution >= 4 is 0 Å². The van der Waals surface area contributed by atoms with Crippen LogP contribution in [0.15, 0.2) is 18.2 Å². The Hall–Kier alpha value is -1.73. The second-order valence-corrected chi connectivity index (χ2v) is 7.23. The second kappa shape index (κ2) is 7.44. The number of aliphatic hydroxyl groups excluding tert-OH is 1. The molecule has 0 aromatic heterocycles. The average Bonchev–Trinajstić information content (AvgIpc) is 3.14. The van der Waals surface area contributed by atoms with Gasteiger partial charge in [0.25, 0.3) is 0 Å². The molecule has 2 unspecified atom stereocenters. The number of ether oxygens (including phenoxy) is 2. The lowest BCUT2D eigenvalue weighted by atomic mass is 9.67. The minimum Gasteiger partial charge on any atom is -0.493 e. The van der Waals surface area contributed by atoms with Gasteiger partial charge in [0.2, 0.25) is 0 Å². The first-order valence-electron chi connectivity index (χ1n) is 9.08. The van der Waals surface area contributed by atoms with Crippen molar-refractivity contribution in [1.29, 1.82) is 5.26 Å². The van der Waals surface area contributed by atoms with Gasteiger partial charge in [0.1, 0.15) is 0 Å². The van der Waals surface area contributed by atoms with Gasteiger partial charge in [-0.05, 0) is 68.6 Å². The first kappa shape index (κ1) is 17.1. The fourth-order valence-corrected chi connectivity index (χ4v) is 4.23. The normalized spacial score (nSPS) is 27.6. The van der Waals surface area contributed by atoms with Gasteiger partial charge in [0.15, 0.2) is 11.5 Å². The van der Waals surface area contributed by atoms with Gasteiger partial charge in [-0.3, -0.25) is 0 Å². The van der Waals surface area contributed by atoms with Crippen LogP contribution >= 0.6 is 0 Å². The lowest BCUT2D eigenvalue weighted by molar-refractivity contribution is 0.161. The maximum Gasteiger partial charge on any atom is 0.161 e. The molecule has 0 bridgehead atoms. The van der Waals surface area contributed by atoms with E-state index in [4.69, 9.17) is 9.47 Å². The molecule has 1 N–H and O–H groups in total. The molecule has 2 fully saturated rings. The van der Waals surface area contributed by atoms with E-state index in [9.17, 15) is 10.4 Å². The van der Waals surface area contributed by atoms with Crippen LogP contribution in [0.5, 0.6) is 11.5 Å². The Kier molecular flexibility index (Phi) is 5.30. The molecule has 0 amide bonds. The summed E-state index contributed by atoms with van der Waals surface area (Å²) in [5, 5.41) is 19.4. The van der Waals surface area contributed by atoms with Gasteiger partial charge in [0.05, 0.1) is 24.7 Å². The van der Waals surface area contributed by atoms with E-state index < -0.39 is 5.41 Å². The van der Waals surface area contributed by atoms with E-state index in [2.05, 4.69) is 6.07 Å². The Balaban J connectivity index is 1.90. The topological polar surface area (TPSA) is 62.5 Å². The lowest BCUT2D eigenvalue weighted by Crippen LogP contribution is -2.33. The summed E-state index contributed by atoms with van der Waals surface area (Å²) in [6.45, 7) is 0.158. The minimum atomic E-state index is -0.522. The van der Waals surface area contributed by atoms with Gasteiger partial charge in [0, 0.05) is 6.61 Å². The highest BCUT2D eigenvalue weighted by Gasteiger charge is 2.38. The zero-order chi connectivity index (χ0) is 17.0. The number of nitrogens with zero attached hydrogens (tertiary/aromatic N) is 1. The summed E-state index contributed by atoms with van der Waals surface area (Å²) < 4.78 is 11.6. The van der Waals surface area contributed by atoms with E-state index >= 15 is 0 Å². The molecule has 3 rings (SSSR count). The fourth-order valence-electron chi connectivity index (χ4n) is 4.23. The van der Waals surface area contributed by atoms with Gasteiger partial charge in [-0.1, -0.05) is 12.5 Å². The summed E-state index contributed by atoms with van der Waals surface area (Å²) in [5.41, 5.74) is 0.475. The van der Waals surface area contributed by atoms with Crippen LogP contribution in [0.25, 0.3) is 0 Å². The number of hydrogen-bond donors (Lipinski definition) is 1. The highest BCUT2D eigenvalue weighted by Crippen LogP contribution is 2.44. The van der Waals surface area contributed by atoms with Crippen molar-refractivity contribution in [3.63, 3.8) is 0 Å². The summed E-state index contributed by atoms with van der Waals surface area (Å²) in [6, 6.07) is 8.46. The standard InChI is InChI=1S/C20H27NO3/c1-23-18-9-8-16(11-19(18)24-17-6-2-3-7-17)20(14-21)10-4-5-15(12-20)13-22/h8-9,11,15,17,22H,2-7,10,12-13H2,1H3. The zero-order valence-electron chi connectivity index (χ0n) is 14.5. The van der Waals surface area contributed by atoms with Crippen LogP contribution in [0.1, 0.15) is 56.9 Å². The van der Waals surface area contributed by atoms with Gasteiger partial charge in [-0.25, -0.2) is 0 Å². The molecular weight excluding hydrogens is 302 g/mol. The van der Waals surface area contributed by atoms with E-state index in [0.717, 1.165) is 55.6 Å². The van der Waals surface area contributed by atoms with E-state index in [1.807, 2.05) is 18.2 Å². The number of nitriles is 1. The molecule has 2 aliphatic carbocycles. The molecule has 0 spiro atoms. The number of hydrogen-bond acceptors (Lipinski definition) is 4. The Bertz CT molecular complexity index is 603. The summed E-state index contributed by atoms with van der Waals surface area (Å²) >= 11 is 0. The van der Waals surface area contributed by atoms with Crippen LogP contribution in [0.4, 0.5) is 0 Å². The molecule has 2 saturated carbocycles. The number of aliphatic hydroxyl groups is 1. The Morgan fingerprint density at radius 2 is 2.00 bits per heavy atom. The third-order valence-corrected chi connectivity index (χ3v) is 5.64. The Labute approximate surface area is 144 Å². The van der Waals surface area contributed by atoms with E-state index in [0.29, 0.717) is 0 Å². The largest absolute Gasteiger partial charge is 0.493 e. The predicted molar refractivity (Wildman–Crippen MR) is 92.2 cm³/mol. The maximum absolute atomic E-state index is 9.91. The average molecular weight is 329 g/mol. The summed E-state index contributed by atoms with van der Waals surface area (Å²) in [6.07, 6.45) is 8.39. The molecule has 0 aliphatic heterocycles. The maximum atomic E-state index is 9.91. The molecule has 2 aliphatic rings. The van der Waals surface area contributed by atoms with Crippen molar-refractivity contribution in [2.45, 2.75) is 62.9 Å². The van der Waals surface area contributed by atoms with Crippen molar-refractivity contribution in [2.24, 2.45) is 5.92 Å². The van der Waals surface area contributed by atoms with Crippen LogP contribution in [-0.4, -0.2) is 24.9 Å². The Morgan fingerprint density at radius 3 is 2.67 bits per heavy atom. The third kappa shape index (κ3) is 3.37. The molecule has 4 nitrogen and oxygen atoms in total. The van der Waals surface area contributed by atoms with Gasteiger partial charge in [-0.15, -0.1) is 0 Å². The van der Waals surface area contributed by atoms with Crippen molar-refractivity contribution in [3.05, 3.63) is 23.8 Å². The monoisotopic (exact) mass is 329 g/mol. The van der Waals surface area contributed by atoms with Crippen LogP contribution in [0.3, 0.4) is 0 Å². The van der Waals surface area contributed by atoms with Gasteiger partial charge >= 0.3 is 0 Å². The van der Waals surface area contributed by atoms with Crippen LogP contribution in [-0.2, 0) is 5.41 Å². The molecule has 2 atom stereocenters. The molecule has 0 saturated heterocycles. The first-order valence-corrected chi connectivity index (χ1v) is 9.08. The van der Waals surface area contributed by atoms with Crippen LogP contribution in [0, 0.1) is 17.2 Å². The first-order chi connectivity index (χ1) is 11.7. The number of benzene rings is 1. The molecule has 130 valence electrons. The van der Waals surface area contributed by atoms with Crippen LogP contribution < -0.4 is 9.47 Å². The van der Waals surface area contributed by atoms with E-state index in [1.54, 1.807) is 7.11 Å². The molecule has 1 aromatic rings. The second-order valence-electron chi connectivity index (χ2n) is 7.23. The van der Waals surface area contributed by atoms with Crippen molar-refractivity contribution in [2.75, 3.05) is 13.7 Å². The number of rotatable bonds is 5. The smallest absolute Gasteiger partial charge is 0.161 e. The highest BCUT2D eigenvalue weighted by atomic mass is 16.5. The lowest BCUT2D eigenvalue weighted by Gasteiger charge is -2.35. The van der Waals surface area contributed by atoms with Crippen molar-refractivity contribution in [3.8, 4) is 17.6 Å². The van der Waals surface area contributed by atoms with Crippen molar-refractivity contribution in [1.82, 2.24) is 0 Å². The van der Waals surface area contributed by atoms with Crippen LogP contribution in [0.2, 0.25) is 0 Å². The summed E-state index contributed by atoms with van der Waals surface area (Å²) in [7, 11) is 1.65. The van der Waals surface area contributed by atoms with Crippen molar-refractivity contribution < 1.29 is 14.6 Å². The predicted octanol–water partition coefficient (Wildman–Crippen LogP) is 3.96. The third-order valence-electron chi connectivity index (χ3n) is 5.64. The molecule has 0 radical (unpaired) electrons. The van der Waals surface area contributed by atoms with Gasteiger partial charge < -0.3 is 14.6 Å². The molecule has 4 heteroatoms. The quantitative estimate of drug-likeness (QED) is 0.888. The van der Waals surface area contributed by atoms with Gasteiger partial charge in [-0.2, -0.15) is 5.26 Å². The highest BCUT2D eigenvalue weighted by molar-refractivity contribution is 5.47. The summed E-state index contributed by atoms with van der Waals surface area (Å²) in [5.74, 6) is 1.69. The molecule has 1 aromatic carbocycles. The molecule has 24 heavy (non-hydrogen) atoms. The fraction of sp³-hybridized carbons (Fsp3) is 0.650. The Morgan fingerprint density at radius 1 is 1.21 bits per heavy atom. The SMILES string of the molecule is COc1ccc(C2(C#N)CCCC(CO)C2)cc1OC1CCCC1. The summed E-state index contributed by atoms with van der Waals surface area (Å²) in [4.78, 5) is 0.